The Labute approximate surface area is 117 Å². The van der Waals surface area contributed by atoms with Crippen LogP contribution in [0.1, 0.15) is 16.8 Å². The molecule has 0 aliphatic rings. The van der Waals surface area contributed by atoms with E-state index in [-0.39, 0.29) is 5.84 Å². The van der Waals surface area contributed by atoms with Gasteiger partial charge in [-0.25, -0.2) is 4.98 Å². The van der Waals surface area contributed by atoms with Crippen molar-refractivity contribution in [2.24, 2.45) is 5.73 Å². The number of nitrogens with two attached hydrogens (primary N) is 1. The molecule has 20 heavy (non-hydrogen) atoms. The van der Waals surface area contributed by atoms with Crippen LogP contribution in [-0.4, -0.2) is 17.9 Å². The summed E-state index contributed by atoms with van der Waals surface area (Å²) in [4.78, 5) is 4.32. The van der Waals surface area contributed by atoms with Crippen LogP contribution < -0.4 is 15.2 Å². The van der Waals surface area contributed by atoms with Crippen LogP contribution in [0.5, 0.6) is 17.4 Å². The van der Waals surface area contributed by atoms with Crippen LogP contribution in [0.25, 0.3) is 0 Å². The largest absolute Gasteiger partial charge is 0.497 e. The molecule has 1 heterocycles. The van der Waals surface area contributed by atoms with Gasteiger partial charge in [0.05, 0.1) is 12.7 Å². The molecule has 0 spiro atoms. The minimum Gasteiger partial charge on any atom is -0.497 e. The van der Waals surface area contributed by atoms with Gasteiger partial charge in [0.1, 0.15) is 17.3 Å². The first-order valence-corrected chi connectivity index (χ1v) is 6.16. The third-order valence-electron chi connectivity index (χ3n) is 2.84. The summed E-state index contributed by atoms with van der Waals surface area (Å²) >= 11 is 0. The second-order valence-electron chi connectivity index (χ2n) is 4.46. The summed E-state index contributed by atoms with van der Waals surface area (Å²) in [7, 11) is 1.59. The third-order valence-corrected chi connectivity index (χ3v) is 2.84. The fourth-order valence-electron chi connectivity index (χ4n) is 1.98. The Morgan fingerprint density at radius 3 is 2.55 bits per heavy atom. The molecule has 104 valence electrons. The van der Waals surface area contributed by atoms with Crippen molar-refractivity contribution in [3.05, 3.63) is 47.2 Å². The smallest absolute Gasteiger partial charge is 0.230 e. The molecule has 0 saturated carbocycles. The van der Waals surface area contributed by atoms with Crippen molar-refractivity contribution >= 4 is 5.84 Å². The van der Waals surface area contributed by atoms with Crippen molar-refractivity contribution in [1.29, 1.82) is 5.41 Å². The quantitative estimate of drug-likeness (QED) is 0.661. The number of hydrogen-bond acceptors (Lipinski definition) is 4. The molecule has 0 amide bonds. The highest BCUT2D eigenvalue weighted by Gasteiger charge is 2.14. The van der Waals surface area contributed by atoms with E-state index in [1.165, 1.54) is 0 Å². The van der Waals surface area contributed by atoms with Crippen LogP contribution in [-0.2, 0) is 0 Å². The van der Waals surface area contributed by atoms with E-state index in [0.717, 1.165) is 11.3 Å². The highest BCUT2D eigenvalue weighted by atomic mass is 16.5. The Morgan fingerprint density at radius 1 is 1.20 bits per heavy atom. The summed E-state index contributed by atoms with van der Waals surface area (Å²) in [6, 6.07) is 9.07. The van der Waals surface area contributed by atoms with E-state index in [0.29, 0.717) is 22.9 Å². The number of hydrogen-bond donors (Lipinski definition) is 2. The summed E-state index contributed by atoms with van der Waals surface area (Å²) < 4.78 is 10.9. The highest BCUT2D eigenvalue weighted by Crippen LogP contribution is 2.28. The normalized spacial score (nSPS) is 10.2. The van der Waals surface area contributed by atoms with E-state index < -0.39 is 0 Å². The maximum Gasteiger partial charge on any atom is 0.230 e. The Bertz CT molecular complexity index is 654. The first kappa shape index (κ1) is 13.9. The van der Waals surface area contributed by atoms with E-state index in [1.54, 1.807) is 19.2 Å². The minimum atomic E-state index is -0.0621. The van der Waals surface area contributed by atoms with E-state index in [1.807, 2.05) is 32.0 Å². The predicted molar refractivity (Wildman–Crippen MR) is 77.8 cm³/mol. The summed E-state index contributed by atoms with van der Waals surface area (Å²) in [5.74, 6) is 1.55. The third kappa shape index (κ3) is 2.88. The molecule has 0 atom stereocenters. The average Bonchev–Trinajstić information content (AvgIpc) is 2.37. The molecule has 0 bridgehead atoms. The molecule has 2 rings (SSSR count). The zero-order chi connectivity index (χ0) is 14.7. The summed E-state index contributed by atoms with van der Waals surface area (Å²) in [5, 5.41) is 7.66. The molecule has 1 aromatic carbocycles. The molecule has 0 aliphatic heterocycles. The van der Waals surface area contributed by atoms with Crippen molar-refractivity contribution in [1.82, 2.24) is 4.98 Å². The topological polar surface area (TPSA) is 81.2 Å². The molecular formula is C15H17N3O2. The Kier molecular flexibility index (Phi) is 3.89. The number of benzene rings is 1. The lowest BCUT2D eigenvalue weighted by molar-refractivity contribution is 0.407. The van der Waals surface area contributed by atoms with Crippen LogP contribution in [0.2, 0.25) is 0 Å². The summed E-state index contributed by atoms with van der Waals surface area (Å²) in [6.45, 7) is 3.75. The zero-order valence-corrected chi connectivity index (χ0v) is 11.7. The standard InChI is InChI=1S/C15H17N3O2/c1-9-7-10(2)18-15(13(9)14(16)17)20-12-6-4-5-11(8-12)19-3/h4-8H,1-3H3,(H3,16,17). The van der Waals surface area contributed by atoms with Crippen molar-refractivity contribution in [2.45, 2.75) is 13.8 Å². The number of pyridine rings is 1. The molecule has 0 aliphatic carbocycles. The van der Waals surface area contributed by atoms with Gasteiger partial charge in [-0.3, -0.25) is 5.41 Å². The lowest BCUT2D eigenvalue weighted by Gasteiger charge is -2.13. The van der Waals surface area contributed by atoms with Gasteiger partial charge >= 0.3 is 0 Å². The highest BCUT2D eigenvalue weighted by molar-refractivity contribution is 5.98. The minimum absolute atomic E-state index is 0.0621. The van der Waals surface area contributed by atoms with E-state index in [4.69, 9.17) is 20.6 Å². The van der Waals surface area contributed by atoms with Crippen molar-refractivity contribution < 1.29 is 9.47 Å². The maximum atomic E-state index is 7.66. The molecular weight excluding hydrogens is 254 g/mol. The number of rotatable bonds is 4. The molecule has 0 fully saturated rings. The zero-order valence-electron chi connectivity index (χ0n) is 11.7. The van der Waals surface area contributed by atoms with Crippen LogP contribution in [0, 0.1) is 19.3 Å². The number of aromatic nitrogens is 1. The van der Waals surface area contributed by atoms with E-state index in [9.17, 15) is 0 Å². The average molecular weight is 271 g/mol. The van der Waals surface area contributed by atoms with Gasteiger partial charge in [-0.2, -0.15) is 0 Å². The second kappa shape index (κ2) is 5.61. The molecule has 5 heteroatoms. The first-order valence-electron chi connectivity index (χ1n) is 6.16. The van der Waals surface area contributed by atoms with Gasteiger partial charge in [0.25, 0.3) is 0 Å². The SMILES string of the molecule is COc1cccc(Oc2nc(C)cc(C)c2C(=N)N)c1. The first-order chi connectivity index (χ1) is 9.51. The lowest BCUT2D eigenvalue weighted by atomic mass is 10.1. The molecule has 5 nitrogen and oxygen atoms in total. The Hall–Kier alpha value is -2.56. The van der Waals surface area contributed by atoms with E-state index >= 15 is 0 Å². The number of nitrogens with one attached hydrogen (secondary N) is 1. The van der Waals surface area contributed by atoms with E-state index in [2.05, 4.69) is 4.98 Å². The molecule has 0 unspecified atom stereocenters. The van der Waals surface area contributed by atoms with Gasteiger partial charge < -0.3 is 15.2 Å². The summed E-state index contributed by atoms with van der Waals surface area (Å²) in [6.07, 6.45) is 0. The van der Waals surface area contributed by atoms with Gasteiger partial charge in [-0.15, -0.1) is 0 Å². The maximum absolute atomic E-state index is 7.66. The number of amidine groups is 1. The van der Waals surface area contributed by atoms with Crippen LogP contribution in [0.4, 0.5) is 0 Å². The van der Waals surface area contributed by atoms with Gasteiger partial charge in [0.2, 0.25) is 5.88 Å². The number of aryl methyl sites for hydroxylation is 2. The lowest BCUT2D eigenvalue weighted by Crippen LogP contribution is -2.15. The molecule has 1 aromatic heterocycles. The van der Waals surface area contributed by atoms with Crippen molar-refractivity contribution in [3.8, 4) is 17.4 Å². The fourth-order valence-corrected chi connectivity index (χ4v) is 1.98. The van der Waals surface area contributed by atoms with Crippen molar-refractivity contribution in [2.75, 3.05) is 7.11 Å². The second-order valence-corrected chi connectivity index (χ2v) is 4.46. The monoisotopic (exact) mass is 271 g/mol. The number of nitrogen functional groups attached to an aromatic ring is 1. The van der Waals surface area contributed by atoms with Crippen LogP contribution >= 0.6 is 0 Å². The van der Waals surface area contributed by atoms with Crippen LogP contribution in [0.3, 0.4) is 0 Å². The van der Waals surface area contributed by atoms with Crippen LogP contribution in [0.15, 0.2) is 30.3 Å². The fraction of sp³-hybridized carbons (Fsp3) is 0.200. The van der Waals surface area contributed by atoms with Gasteiger partial charge in [-0.1, -0.05) is 6.07 Å². The van der Waals surface area contributed by atoms with Gasteiger partial charge in [0.15, 0.2) is 0 Å². The number of nitrogens with zero attached hydrogens (tertiary/aromatic N) is 1. The predicted octanol–water partition coefficient (Wildman–Crippen LogP) is 2.78. The Morgan fingerprint density at radius 2 is 1.90 bits per heavy atom. The molecule has 0 saturated heterocycles. The number of ether oxygens (including phenoxy) is 2. The summed E-state index contributed by atoms with van der Waals surface area (Å²) in [5.41, 5.74) is 7.80. The molecule has 2 aromatic rings. The van der Waals surface area contributed by atoms with Crippen molar-refractivity contribution in [3.63, 3.8) is 0 Å². The molecule has 3 N–H and O–H groups in total. The van der Waals surface area contributed by atoms with Gasteiger partial charge in [-0.05, 0) is 37.6 Å². The Balaban J connectivity index is 2.44. The van der Waals surface area contributed by atoms with Gasteiger partial charge in [0, 0.05) is 11.8 Å². The number of methoxy groups -OCH3 is 1. The molecule has 0 radical (unpaired) electrons.